The molecule has 0 radical (unpaired) electrons. The molecule has 0 spiro atoms. The highest BCUT2D eigenvalue weighted by Gasteiger charge is 2.55. The molecule has 2 atom stereocenters. The molecule has 1 saturated carbocycles. The molecule has 5 heteroatoms. The number of esters is 1. The van der Waals surface area contributed by atoms with E-state index in [0.717, 1.165) is 31.4 Å². The van der Waals surface area contributed by atoms with Gasteiger partial charge in [-0.2, -0.15) is 0 Å². The van der Waals surface area contributed by atoms with Gasteiger partial charge in [0, 0.05) is 5.69 Å². The van der Waals surface area contributed by atoms with Gasteiger partial charge < -0.3 is 15.8 Å². The number of hydrogen-bond donors (Lipinski definition) is 2. The second-order valence-corrected chi connectivity index (χ2v) is 7.67. The third-order valence-electron chi connectivity index (χ3n) is 6.04. The minimum atomic E-state index is -0.995. The van der Waals surface area contributed by atoms with Crippen LogP contribution in [0.2, 0.25) is 0 Å². The summed E-state index contributed by atoms with van der Waals surface area (Å²) in [4.78, 5) is 13.1. The van der Waals surface area contributed by atoms with E-state index in [1.165, 1.54) is 44.2 Å². The molecule has 4 nitrogen and oxygen atoms in total. The summed E-state index contributed by atoms with van der Waals surface area (Å²) < 4.78 is 19.3. The van der Waals surface area contributed by atoms with Crippen LogP contribution in [0.3, 0.4) is 0 Å². The molecular formula is C21H31FN2O2. The molecule has 1 fully saturated rings. The third-order valence-corrected chi connectivity index (χ3v) is 6.04. The maximum atomic E-state index is 13.8. The minimum Gasteiger partial charge on any atom is -0.464 e. The van der Waals surface area contributed by atoms with Gasteiger partial charge in [-0.15, -0.1) is 0 Å². The fourth-order valence-corrected chi connectivity index (χ4v) is 4.67. The van der Waals surface area contributed by atoms with Gasteiger partial charge in [0.25, 0.3) is 0 Å². The van der Waals surface area contributed by atoms with E-state index < -0.39 is 11.6 Å². The van der Waals surface area contributed by atoms with Crippen molar-refractivity contribution in [1.82, 2.24) is 0 Å². The number of nitrogens with one attached hydrogen (secondary N) is 1. The lowest BCUT2D eigenvalue weighted by Crippen LogP contribution is -2.57. The molecule has 144 valence electrons. The monoisotopic (exact) mass is 362 g/mol. The average molecular weight is 362 g/mol. The van der Waals surface area contributed by atoms with Crippen LogP contribution >= 0.6 is 0 Å². The number of anilines is 1. The molecule has 1 aromatic rings. The third kappa shape index (κ3) is 3.59. The van der Waals surface area contributed by atoms with E-state index in [4.69, 9.17) is 10.5 Å². The van der Waals surface area contributed by atoms with Gasteiger partial charge in [0.05, 0.1) is 12.6 Å². The van der Waals surface area contributed by atoms with Crippen molar-refractivity contribution >= 4 is 11.7 Å². The van der Waals surface area contributed by atoms with Crippen molar-refractivity contribution in [2.24, 2.45) is 11.7 Å². The Kier molecular flexibility index (Phi) is 6.17. The number of carbonyl (C=O) groups excluding carboxylic acids is 1. The summed E-state index contributed by atoms with van der Waals surface area (Å²) in [6.07, 6.45) is 10.2. The van der Waals surface area contributed by atoms with Crippen LogP contribution in [-0.4, -0.2) is 18.1 Å². The Hall–Kier alpha value is -1.62. The number of halogens is 1. The zero-order valence-corrected chi connectivity index (χ0v) is 15.7. The van der Waals surface area contributed by atoms with E-state index in [2.05, 4.69) is 5.32 Å². The Morgan fingerprint density at radius 1 is 1.19 bits per heavy atom. The maximum absolute atomic E-state index is 13.8. The van der Waals surface area contributed by atoms with Gasteiger partial charge in [-0.3, -0.25) is 0 Å². The molecular weight excluding hydrogens is 331 g/mol. The second kappa shape index (κ2) is 8.38. The average Bonchev–Trinajstić information content (AvgIpc) is 2.93. The molecule has 2 unspecified atom stereocenters. The molecule has 1 aliphatic carbocycles. The summed E-state index contributed by atoms with van der Waals surface area (Å²) in [7, 11) is 0. The van der Waals surface area contributed by atoms with Gasteiger partial charge in [0.15, 0.2) is 5.54 Å². The van der Waals surface area contributed by atoms with Crippen LogP contribution in [-0.2, 0) is 9.53 Å². The first-order chi connectivity index (χ1) is 12.6. The van der Waals surface area contributed by atoms with Gasteiger partial charge in [0.1, 0.15) is 5.82 Å². The van der Waals surface area contributed by atoms with Crippen molar-refractivity contribution in [1.29, 1.82) is 0 Å². The number of nitrogens with two attached hydrogens (primary N) is 1. The number of benzene rings is 1. The molecule has 2 aliphatic rings. The van der Waals surface area contributed by atoms with Crippen LogP contribution in [0.15, 0.2) is 18.2 Å². The highest BCUT2D eigenvalue weighted by Crippen LogP contribution is 2.48. The summed E-state index contributed by atoms with van der Waals surface area (Å²) >= 11 is 0. The lowest BCUT2D eigenvalue weighted by atomic mass is 9.73. The quantitative estimate of drug-likeness (QED) is 0.766. The van der Waals surface area contributed by atoms with Gasteiger partial charge in [-0.25, -0.2) is 9.18 Å². The van der Waals surface area contributed by atoms with Crippen molar-refractivity contribution < 1.29 is 13.9 Å². The minimum absolute atomic E-state index is 0.0881. The summed E-state index contributed by atoms with van der Waals surface area (Å²) in [5.74, 6) is -0.539. The van der Waals surface area contributed by atoms with Crippen LogP contribution in [0.25, 0.3) is 0 Å². The van der Waals surface area contributed by atoms with Crippen LogP contribution in [0.5, 0.6) is 0 Å². The Morgan fingerprint density at radius 3 is 2.42 bits per heavy atom. The first-order valence-electron chi connectivity index (χ1n) is 10.1. The lowest BCUT2D eigenvalue weighted by molar-refractivity contribution is -0.152. The molecule has 0 amide bonds. The van der Waals surface area contributed by atoms with Crippen molar-refractivity contribution in [2.75, 3.05) is 11.9 Å². The molecule has 3 N–H and O–H groups in total. The standard InChI is InChI=1S/C21H31FN2O2/c1-2-26-20(25)21(15-10-8-6-4-3-5-7-9-11-15)19(23)17-14-16(22)12-13-18(17)24-21/h12-15,19,24H,2-11,23H2,1H3. The predicted molar refractivity (Wildman–Crippen MR) is 101 cm³/mol. The smallest absolute Gasteiger partial charge is 0.334 e. The van der Waals surface area contributed by atoms with Crippen molar-refractivity contribution in [3.8, 4) is 0 Å². The van der Waals surface area contributed by atoms with E-state index in [0.29, 0.717) is 12.2 Å². The molecule has 0 bridgehead atoms. The predicted octanol–water partition coefficient (Wildman–Crippen LogP) is 4.69. The van der Waals surface area contributed by atoms with E-state index in [1.807, 2.05) is 6.92 Å². The molecule has 0 saturated heterocycles. The fraction of sp³-hybridized carbons (Fsp3) is 0.667. The van der Waals surface area contributed by atoms with E-state index >= 15 is 0 Å². The SMILES string of the molecule is CCOC(=O)C1(C2CCCCCCCCC2)Nc2ccc(F)cc2C1N. The number of ether oxygens (including phenoxy) is 1. The summed E-state index contributed by atoms with van der Waals surface area (Å²) in [5, 5.41) is 3.40. The first kappa shape index (κ1) is 19.2. The largest absolute Gasteiger partial charge is 0.464 e. The van der Waals surface area contributed by atoms with Gasteiger partial charge in [-0.1, -0.05) is 44.9 Å². The van der Waals surface area contributed by atoms with Crippen molar-refractivity contribution in [3.05, 3.63) is 29.6 Å². The van der Waals surface area contributed by atoms with Crippen molar-refractivity contribution in [2.45, 2.75) is 76.3 Å². The summed E-state index contributed by atoms with van der Waals surface area (Å²) in [5.41, 5.74) is 7.02. The number of fused-ring (bicyclic) bond motifs is 1. The van der Waals surface area contributed by atoms with Crippen LogP contribution < -0.4 is 11.1 Å². The van der Waals surface area contributed by atoms with E-state index in [-0.39, 0.29) is 17.7 Å². The fourth-order valence-electron chi connectivity index (χ4n) is 4.67. The van der Waals surface area contributed by atoms with E-state index in [9.17, 15) is 9.18 Å². The lowest BCUT2D eigenvalue weighted by Gasteiger charge is -2.39. The molecule has 1 heterocycles. The van der Waals surface area contributed by atoms with Gasteiger partial charge in [-0.05, 0) is 49.4 Å². The number of hydrogen-bond acceptors (Lipinski definition) is 4. The first-order valence-corrected chi connectivity index (χ1v) is 10.1. The second-order valence-electron chi connectivity index (χ2n) is 7.67. The van der Waals surface area contributed by atoms with Gasteiger partial charge >= 0.3 is 5.97 Å². The summed E-state index contributed by atoms with van der Waals surface area (Å²) in [6, 6.07) is 3.95. The van der Waals surface area contributed by atoms with Crippen LogP contribution in [0.1, 0.15) is 76.3 Å². The highest BCUT2D eigenvalue weighted by molar-refractivity contribution is 5.90. The Balaban J connectivity index is 1.95. The Bertz CT molecular complexity index is 626. The van der Waals surface area contributed by atoms with Crippen LogP contribution in [0.4, 0.5) is 10.1 Å². The van der Waals surface area contributed by atoms with Crippen LogP contribution in [0, 0.1) is 11.7 Å². The van der Waals surface area contributed by atoms with E-state index in [1.54, 1.807) is 6.07 Å². The number of carbonyl (C=O) groups is 1. The molecule has 1 aliphatic heterocycles. The number of rotatable bonds is 3. The zero-order valence-electron chi connectivity index (χ0n) is 15.7. The molecule has 3 rings (SSSR count). The topological polar surface area (TPSA) is 64.3 Å². The van der Waals surface area contributed by atoms with Gasteiger partial charge in [0.2, 0.25) is 0 Å². The van der Waals surface area contributed by atoms with Crippen molar-refractivity contribution in [3.63, 3.8) is 0 Å². The summed E-state index contributed by atoms with van der Waals surface area (Å²) in [6.45, 7) is 2.12. The molecule has 0 aromatic heterocycles. The maximum Gasteiger partial charge on any atom is 0.334 e. The normalized spacial score (nSPS) is 27.4. The Morgan fingerprint density at radius 2 is 1.81 bits per heavy atom. The zero-order chi connectivity index (χ0) is 18.6. The highest BCUT2D eigenvalue weighted by atomic mass is 19.1. The molecule has 1 aromatic carbocycles. The Labute approximate surface area is 155 Å². The molecule has 26 heavy (non-hydrogen) atoms.